The van der Waals surface area contributed by atoms with Gasteiger partial charge >= 0.3 is 12.2 Å². The minimum absolute atomic E-state index is 0.0622. The average molecular weight is 427 g/mol. The fourth-order valence-electron chi connectivity index (χ4n) is 5.67. The zero-order chi connectivity index (χ0) is 21.4. The molecule has 1 aromatic rings. The number of carbonyl (C=O) groups excluding carboxylic acids is 2. The molecule has 0 radical (unpaired) electrons. The topological polar surface area (TPSA) is 84.0 Å². The van der Waals surface area contributed by atoms with Crippen molar-refractivity contribution in [1.82, 2.24) is 20.1 Å². The first-order valence-electron chi connectivity index (χ1n) is 11.4. The molecule has 1 aromatic heterocycles. The van der Waals surface area contributed by atoms with Crippen LogP contribution in [0.5, 0.6) is 0 Å². The Bertz CT molecular complexity index is 866. The van der Waals surface area contributed by atoms with Crippen LogP contribution in [0.25, 0.3) is 0 Å². The van der Waals surface area contributed by atoms with Crippen molar-refractivity contribution in [2.75, 3.05) is 19.7 Å². The summed E-state index contributed by atoms with van der Waals surface area (Å²) >= 11 is 0. The van der Waals surface area contributed by atoms with Gasteiger partial charge in [-0.3, -0.25) is 9.88 Å². The summed E-state index contributed by atoms with van der Waals surface area (Å²) in [5, 5.41) is 3.02. The van der Waals surface area contributed by atoms with Crippen molar-refractivity contribution in [3.05, 3.63) is 41.9 Å². The summed E-state index contributed by atoms with van der Waals surface area (Å²) in [5.74, 6) is 0. The van der Waals surface area contributed by atoms with E-state index in [1.807, 2.05) is 30.0 Å². The number of rotatable bonds is 4. The van der Waals surface area contributed by atoms with Crippen LogP contribution in [-0.4, -0.2) is 70.4 Å². The summed E-state index contributed by atoms with van der Waals surface area (Å²) in [5.41, 5.74) is 1.81. The normalized spacial score (nSPS) is 28.9. The molecule has 2 amide bonds. The first-order chi connectivity index (χ1) is 15.1. The van der Waals surface area contributed by atoms with E-state index in [4.69, 9.17) is 9.47 Å². The van der Waals surface area contributed by atoms with E-state index in [2.05, 4.69) is 21.3 Å². The van der Waals surface area contributed by atoms with Crippen LogP contribution < -0.4 is 5.32 Å². The van der Waals surface area contributed by atoms with Crippen LogP contribution in [0.1, 0.15) is 44.7 Å². The number of piperidine rings is 1. The first kappa shape index (κ1) is 20.2. The molecule has 31 heavy (non-hydrogen) atoms. The van der Waals surface area contributed by atoms with Crippen molar-refractivity contribution in [2.45, 2.75) is 69.2 Å². The summed E-state index contributed by atoms with van der Waals surface area (Å²) in [4.78, 5) is 33.2. The molecule has 3 saturated heterocycles. The number of aromatic nitrogens is 1. The quantitative estimate of drug-likeness (QED) is 0.797. The number of alkyl carbamates (subject to hydrolysis) is 1. The lowest BCUT2D eigenvalue weighted by Crippen LogP contribution is -2.53. The largest absolute Gasteiger partial charge is 0.450 e. The highest BCUT2D eigenvalue weighted by Crippen LogP contribution is 2.40. The Hall–Kier alpha value is -2.77. The van der Waals surface area contributed by atoms with Gasteiger partial charge in [-0.25, -0.2) is 9.59 Å². The molecule has 5 rings (SSSR count). The molecule has 166 valence electrons. The second-order valence-electron chi connectivity index (χ2n) is 8.93. The van der Waals surface area contributed by atoms with Crippen LogP contribution in [0.3, 0.4) is 0 Å². The zero-order valence-corrected chi connectivity index (χ0v) is 18.0. The van der Waals surface area contributed by atoms with Crippen molar-refractivity contribution in [3.63, 3.8) is 0 Å². The summed E-state index contributed by atoms with van der Waals surface area (Å²) in [6.07, 6.45) is 8.67. The average Bonchev–Trinajstić information content (AvgIpc) is 3.21. The van der Waals surface area contributed by atoms with Gasteiger partial charge in [0.2, 0.25) is 0 Å². The number of ether oxygens (including phenoxy) is 2. The smallest absolute Gasteiger partial charge is 0.410 e. The van der Waals surface area contributed by atoms with Crippen LogP contribution in [0, 0.1) is 0 Å². The standard InChI is InChI=1S/C23H30N4O4/c1-2-30-22(29)27-17-6-7-18(27)15-19(14-17)26-11-8-23(9-12-26)20(25-21(28)31-23)13-16-5-3-4-10-24-16/h3-5,10,14,17-18,20H,2,6-9,11-13,15H2,1H3,(H,25,28). The summed E-state index contributed by atoms with van der Waals surface area (Å²) < 4.78 is 11.1. The molecule has 0 aromatic carbocycles. The number of likely N-dealkylation sites (tertiary alicyclic amines) is 1. The molecule has 3 fully saturated rings. The van der Waals surface area contributed by atoms with Crippen molar-refractivity contribution < 1.29 is 19.1 Å². The molecule has 4 aliphatic rings. The lowest BCUT2D eigenvalue weighted by molar-refractivity contribution is -0.0136. The molecule has 0 aliphatic carbocycles. The molecule has 5 heterocycles. The number of fused-ring (bicyclic) bond motifs is 2. The number of hydrogen-bond acceptors (Lipinski definition) is 6. The van der Waals surface area contributed by atoms with Crippen molar-refractivity contribution in [3.8, 4) is 0 Å². The molecule has 2 bridgehead atoms. The van der Waals surface area contributed by atoms with Crippen LogP contribution in [-0.2, 0) is 15.9 Å². The molecule has 8 heteroatoms. The van der Waals surface area contributed by atoms with Crippen molar-refractivity contribution in [1.29, 1.82) is 0 Å². The van der Waals surface area contributed by atoms with Gasteiger partial charge in [0.25, 0.3) is 0 Å². The molecule has 1 spiro atoms. The third-order valence-electron chi connectivity index (χ3n) is 7.23. The van der Waals surface area contributed by atoms with E-state index in [1.54, 1.807) is 6.20 Å². The second-order valence-corrected chi connectivity index (χ2v) is 8.93. The van der Waals surface area contributed by atoms with Gasteiger partial charge in [-0.1, -0.05) is 6.07 Å². The lowest BCUT2D eigenvalue weighted by Gasteiger charge is -2.44. The molecular formula is C23H30N4O4. The number of hydrogen-bond donors (Lipinski definition) is 1. The van der Waals surface area contributed by atoms with E-state index < -0.39 is 5.60 Å². The SMILES string of the molecule is CCOC(=O)N1C2C=C(N3CCC4(CC3)OC(=O)NC4Cc3ccccn3)CC1CC2. The van der Waals surface area contributed by atoms with Gasteiger partial charge in [0.1, 0.15) is 5.60 Å². The molecule has 3 unspecified atom stereocenters. The van der Waals surface area contributed by atoms with Crippen LogP contribution >= 0.6 is 0 Å². The second kappa shape index (κ2) is 8.05. The molecular weight excluding hydrogens is 396 g/mol. The van der Waals surface area contributed by atoms with Gasteiger partial charge in [0.15, 0.2) is 0 Å². The number of pyridine rings is 1. The minimum Gasteiger partial charge on any atom is -0.450 e. The summed E-state index contributed by atoms with van der Waals surface area (Å²) in [6.45, 7) is 3.95. The number of nitrogens with one attached hydrogen (secondary N) is 1. The number of nitrogens with zero attached hydrogens (tertiary/aromatic N) is 3. The molecule has 0 saturated carbocycles. The maximum absolute atomic E-state index is 12.3. The maximum atomic E-state index is 12.3. The van der Waals surface area contributed by atoms with E-state index in [0.717, 1.165) is 50.9 Å². The highest BCUT2D eigenvalue weighted by atomic mass is 16.6. The van der Waals surface area contributed by atoms with Gasteiger partial charge < -0.3 is 19.7 Å². The summed E-state index contributed by atoms with van der Waals surface area (Å²) in [6, 6.07) is 6.15. The highest BCUT2D eigenvalue weighted by molar-refractivity contribution is 5.71. The number of amides is 2. The van der Waals surface area contributed by atoms with Crippen LogP contribution in [0.15, 0.2) is 36.2 Å². The van der Waals surface area contributed by atoms with Gasteiger partial charge in [-0.15, -0.1) is 0 Å². The Labute approximate surface area is 182 Å². The predicted octanol–water partition coefficient (Wildman–Crippen LogP) is 2.84. The van der Waals surface area contributed by atoms with E-state index in [9.17, 15) is 9.59 Å². The molecule has 3 atom stereocenters. The van der Waals surface area contributed by atoms with Gasteiger partial charge in [0, 0.05) is 62.4 Å². The molecule has 1 N–H and O–H groups in total. The van der Waals surface area contributed by atoms with E-state index in [1.165, 1.54) is 5.70 Å². The van der Waals surface area contributed by atoms with Gasteiger partial charge in [-0.2, -0.15) is 0 Å². The van der Waals surface area contributed by atoms with E-state index in [0.29, 0.717) is 13.0 Å². The fourth-order valence-corrected chi connectivity index (χ4v) is 5.67. The highest BCUT2D eigenvalue weighted by Gasteiger charge is 2.51. The van der Waals surface area contributed by atoms with Crippen LogP contribution in [0.2, 0.25) is 0 Å². The van der Waals surface area contributed by atoms with Crippen LogP contribution in [0.4, 0.5) is 9.59 Å². The Morgan fingerprint density at radius 1 is 1.32 bits per heavy atom. The Morgan fingerprint density at radius 3 is 2.87 bits per heavy atom. The number of carbonyl (C=O) groups is 2. The third kappa shape index (κ3) is 3.72. The van der Waals surface area contributed by atoms with Crippen molar-refractivity contribution in [2.24, 2.45) is 0 Å². The maximum Gasteiger partial charge on any atom is 0.410 e. The molecule has 4 aliphatic heterocycles. The summed E-state index contributed by atoms with van der Waals surface area (Å²) in [7, 11) is 0. The van der Waals surface area contributed by atoms with Gasteiger partial charge in [-0.05, 0) is 38.0 Å². The fraction of sp³-hybridized carbons (Fsp3) is 0.609. The Morgan fingerprint density at radius 2 is 2.16 bits per heavy atom. The van der Waals surface area contributed by atoms with E-state index >= 15 is 0 Å². The Kier molecular flexibility index (Phi) is 5.24. The van der Waals surface area contributed by atoms with Gasteiger partial charge in [0.05, 0.1) is 18.7 Å². The predicted molar refractivity (Wildman–Crippen MR) is 113 cm³/mol. The van der Waals surface area contributed by atoms with Crippen molar-refractivity contribution >= 4 is 12.2 Å². The first-order valence-corrected chi connectivity index (χ1v) is 11.4. The van der Waals surface area contributed by atoms with E-state index in [-0.39, 0.29) is 30.3 Å². The minimum atomic E-state index is -0.476. The Balaban J connectivity index is 1.25. The zero-order valence-electron chi connectivity index (χ0n) is 18.0. The third-order valence-corrected chi connectivity index (χ3v) is 7.23. The molecule has 8 nitrogen and oxygen atoms in total. The monoisotopic (exact) mass is 426 g/mol. The lowest BCUT2D eigenvalue weighted by atomic mass is 9.82.